The van der Waals surface area contributed by atoms with Crippen molar-refractivity contribution in [3.8, 4) is 33.4 Å². The molecule has 0 saturated heterocycles. The fourth-order valence-electron chi connectivity index (χ4n) is 8.40. The van der Waals surface area contributed by atoms with Gasteiger partial charge in [-0.25, -0.2) is 0 Å². The number of anilines is 2. The summed E-state index contributed by atoms with van der Waals surface area (Å²) in [4.78, 5) is 2.54. The number of benzene rings is 8. The zero-order valence-electron chi connectivity index (χ0n) is 29.5. The van der Waals surface area contributed by atoms with Crippen molar-refractivity contribution in [3.05, 3.63) is 199 Å². The van der Waals surface area contributed by atoms with E-state index in [2.05, 4.69) is 206 Å². The molecular formula is C51H37NO. The second-order valence-corrected chi connectivity index (χ2v) is 14.1. The Balaban J connectivity index is 1.15. The second kappa shape index (κ2) is 12.8. The third-order valence-corrected chi connectivity index (χ3v) is 11.1. The first kappa shape index (κ1) is 31.1. The number of nitrogens with zero attached hydrogens (tertiary/aromatic N) is 1. The van der Waals surface area contributed by atoms with Crippen LogP contribution in [-0.2, 0) is 0 Å². The summed E-state index contributed by atoms with van der Waals surface area (Å²) in [5.74, 6) is 0.246. The van der Waals surface area contributed by atoms with Gasteiger partial charge < -0.3 is 9.32 Å². The first-order valence-corrected chi connectivity index (χ1v) is 18.5. The van der Waals surface area contributed by atoms with Crippen LogP contribution >= 0.6 is 0 Å². The normalized spacial score (nSPS) is 15.2. The lowest BCUT2D eigenvalue weighted by Crippen LogP contribution is -2.35. The molecule has 1 aliphatic rings. The van der Waals surface area contributed by atoms with Gasteiger partial charge in [0.15, 0.2) is 0 Å². The molecule has 53 heavy (non-hydrogen) atoms. The molecule has 0 radical (unpaired) electrons. The van der Waals surface area contributed by atoms with E-state index in [4.69, 9.17) is 4.42 Å². The quantitative estimate of drug-likeness (QED) is 0.174. The van der Waals surface area contributed by atoms with E-state index in [-0.39, 0.29) is 12.0 Å². The van der Waals surface area contributed by atoms with Crippen LogP contribution in [0.25, 0.3) is 72.2 Å². The molecule has 1 aromatic heterocycles. The molecule has 0 fully saturated rings. The zero-order chi connectivity index (χ0) is 35.3. The Hall–Kier alpha value is -6.64. The van der Waals surface area contributed by atoms with Crippen LogP contribution in [0.2, 0.25) is 0 Å². The molecule has 2 unspecified atom stereocenters. The summed E-state index contributed by atoms with van der Waals surface area (Å²) in [5, 5.41) is 4.57. The molecule has 0 bridgehead atoms. The molecule has 0 N–H and O–H groups in total. The van der Waals surface area contributed by atoms with Crippen molar-refractivity contribution in [1.82, 2.24) is 0 Å². The first-order chi connectivity index (χ1) is 26.2. The van der Waals surface area contributed by atoms with Crippen LogP contribution in [0.5, 0.6) is 0 Å². The van der Waals surface area contributed by atoms with Crippen LogP contribution in [-0.4, -0.2) is 6.04 Å². The second-order valence-electron chi connectivity index (χ2n) is 14.1. The lowest BCUT2D eigenvalue weighted by Gasteiger charge is -2.38. The van der Waals surface area contributed by atoms with Crippen LogP contribution in [0.4, 0.5) is 11.4 Å². The first-order valence-electron chi connectivity index (χ1n) is 18.5. The molecule has 8 aromatic carbocycles. The molecule has 252 valence electrons. The summed E-state index contributed by atoms with van der Waals surface area (Å²) >= 11 is 0. The standard InChI is InChI=1S/C51H37NO/c1-34-42-18-9-8-17-40(42)29-32-47(34)52(41-30-27-38(28-31-41)37-25-23-36(24-26-37)35-13-4-2-5-14-35)48-21-12-22-49-50(48)46-33-45(39-15-6-3-7-16-39)43-19-10-11-20-44(43)51(46)53-49/h2-34,47H,1H3. The molecular weight excluding hydrogens is 643 g/mol. The summed E-state index contributed by atoms with van der Waals surface area (Å²) in [7, 11) is 0. The molecule has 9 aromatic rings. The van der Waals surface area contributed by atoms with Gasteiger partial charge in [0.25, 0.3) is 0 Å². The predicted molar refractivity (Wildman–Crippen MR) is 224 cm³/mol. The van der Waals surface area contributed by atoms with Crippen LogP contribution in [0.15, 0.2) is 192 Å². The maximum atomic E-state index is 6.83. The summed E-state index contributed by atoms with van der Waals surface area (Å²) in [5.41, 5.74) is 14.0. The topological polar surface area (TPSA) is 16.4 Å². The summed E-state index contributed by atoms with van der Waals surface area (Å²) in [6.07, 6.45) is 4.68. The Morgan fingerprint density at radius 3 is 1.79 bits per heavy atom. The minimum Gasteiger partial charge on any atom is -0.455 e. The minimum atomic E-state index is 0.0745. The molecule has 0 amide bonds. The van der Waals surface area contributed by atoms with Gasteiger partial charge in [-0.3, -0.25) is 0 Å². The molecule has 2 heteroatoms. The van der Waals surface area contributed by atoms with E-state index in [1.165, 1.54) is 49.9 Å². The van der Waals surface area contributed by atoms with Gasteiger partial charge in [0.1, 0.15) is 11.2 Å². The Bertz CT molecular complexity index is 2780. The number of hydrogen-bond donors (Lipinski definition) is 0. The fourth-order valence-corrected chi connectivity index (χ4v) is 8.40. The van der Waals surface area contributed by atoms with Gasteiger partial charge >= 0.3 is 0 Å². The molecule has 0 spiro atoms. The Labute approximate surface area is 309 Å². The van der Waals surface area contributed by atoms with E-state index in [0.717, 1.165) is 38.7 Å². The van der Waals surface area contributed by atoms with E-state index in [0.29, 0.717) is 0 Å². The van der Waals surface area contributed by atoms with Crippen molar-refractivity contribution in [3.63, 3.8) is 0 Å². The van der Waals surface area contributed by atoms with Gasteiger partial charge in [-0.05, 0) is 80.2 Å². The molecule has 2 atom stereocenters. The summed E-state index contributed by atoms with van der Waals surface area (Å²) in [6, 6.07) is 65.6. The summed E-state index contributed by atoms with van der Waals surface area (Å²) in [6.45, 7) is 2.36. The van der Waals surface area contributed by atoms with Crippen molar-refractivity contribution in [2.75, 3.05) is 4.90 Å². The fraction of sp³-hybridized carbons (Fsp3) is 0.0588. The van der Waals surface area contributed by atoms with E-state index in [9.17, 15) is 0 Å². The third-order valence-electron chi connectivity index (χ3n) is 11.1. The highest BCUT2D eigenvalue weighted by Crippen LogP contribution is 2.47. The number of fused-ring (bicyclic) bond motifs is 6. The highest BCUT2D eigenvalue weighted by Gasteiger charge is 2.31. The third kappa shape index (κ3) is 5.34. The van der Waals surface area contributed by atoms with Gasteiger partial charge in [0, 0.05) is 22.4 Å². The van der Waals surface area contributed by atoms with Crippen LogP contribution in [0.1, 0.15) is 24.0 Å². The Morgan fingerprint density at radius 1 is 0.491 bits per heavy atom. The maximum Gasteiger partial charge on any atom is 0.143 e. The van der Waals surface area contributed by atoms with E-state index in [1.54, 1.807) is 0 Å². The maximum absolute atomic E-state index is 6.83. The highest BCUT2D eigenvalue weighted by molar-refractivity contribution is 6.22. The Kier molecular flexibility index (Phi) is 7.54. The number of rotatable bonds is 6. The average Bonchev–Trinajstić information content (AvgIpc) is 3.62. The Morgan fingerprint density at radius 2 is 1.08 bits per heavy atom. The zero-order valence-corrected chi connectivity index (χ0v) is 29.5. The SMILES string of the molecule is CC1c2ccccc2C=CC1N(c1ccc(-c2ccc(-c3ccccc3)cc2)cc1)c1cccc2oc3c4ccccc4c(-c4ccccc4)cc3c12. The monoisotopic (exact) mass is 679 g/mol. The molecule has 0 saturated carbocycles. The number of furan rings is 1. The molecule has 10 rings (SSSR count). The predicted octanol–water partition coefficient (Wildman–Crippen LogP) is 14.1. The van der Waals surface area contributed by atoms with Crippen LogP contribution in [0, 0.1) is 0 Å². The lowest BCUT2D eigenvalue weighted by molar-refractivity contribution is 0.640. The van der Waals surface area contributed by atoms with Crippen molar-refractivity contribution >= 4 is 50.2 Å². The van der Waals surface area contributed by atoms with Gasteiger partial charge in [-0.15, -0.1) is 0 Å². The van der Waals surface area contributed by atoms with Crippen molar-refractivity contribution in [2.45, 2.75) is 18.9 Å². The van der Waals surface area contributed by atoms with Crippen molar-refractivity contribution < 1.29 is 4.42 Å². The van der Waals surface area contributed by atoms with Crippen LogP contribution in [0.3, 0.4) is 0 Å². The minimum absolute atomic E-state index is 0.0745. The van der Waals surface area contributed by atoms with Gasteiger partial charge in [0.2, 0.25) is 0 Å². The molecule has 2 nitrogen and oxygen atoms in total. The number of hydrogen-bond acceptors (Lipinski definition) is 2. The smallest absolute Gasteiger partial charge is 0.143 e. The largest absolute Gasteiger partial charge is 0.455 e. The van der Waals surface area contributed by atoms with E-state index >= 15 is 0 Å². The van der Waals surface area contributed by atoms with Gasteiger partial charge in [-0.1, -0.05) is 171 Å². The van der Waals surface area contributed by atoms with Crippen molar-refractivity contribution in [2.24, 2.45) is 0 Å². The average molecular weight is 680 g/mol. The molecule has 0 aliphatic heterocycles. The van der Waals surface area contributed by atoms with Crippen LogP contribution < -0.4 is 4.90 Å². The van der Waals surface area contributed by atoms with E-state index < -0.39 is 0 Å². The van der Waals surface area contributed by atoms with Crippen molar-refractivity contribution in [1.29, 1.82) is 0 Å². The highest BCUT2D eigenvalue weighted by atomic mass is 16.3. The van der Waals surface area contributed by atoms with E-state index in [1.807, 2.05) is 0 Å². The summed E-state index contributed by atoms with van der Waals surface area (Å²) < 4.78 is 6.83. The van der Waals surface area contributed by atoms with Gasteiger partial charge in [0.05, 0.1) is 17.1 Å². The molecule has 1 heterocycles. The molecule has 1 aliphatic carbocycles. The lowest BCUT2D eigenvalue weighted by atomic mass is 9.83. The van der Waals surface area contributed by atoms with Gasteiger partial charge in [-0.2, -0.15) is 0 Å².